The molecule has 3 rings (SSSR count). The van der Waals surface area contributed by atoms with Gasteiger partial charge < -0.3 is 10.1 Å². The average molecular weight is 254 g/mol. The molecule has 0 saturated heterocycles. The van der Waals surface area contributed by atoms with Gasteiger partial charge in [-0.15, -0.1) is 0 Å². The normalized spacial score (nSPS) is 10.7. The molecule has 2 N–H and O–H groups in total. The van der Waals surface area contributed by atoms with Crippen LogP contribution in [-0.4, -0.2) is 20.5 Å². The fraction of sp³-hybridized carbons (Fsp3) is 0. The van der Waals surface area contributed by atoms with Crippen LogP contribution in [0.25, 0.3) is 16.9 Å². The summed E-state index contributed by atoms with van der Waals surface area (Å²) in [5.41, 5.74) is 1.82. The van der Waals surface area contributed by atoms with Crippen LogP contribution in [0.5, 0.6) is 0 Å². The zero-order valence-electron chi connectivity index (χ0n) is 9.83. The summed E-state index contributed by atoms with van der Waals surface area (Å²) in [6.07, 6.45) is 1.61. The summed E-state index contributed by atoms with van der Waals surface area (Å²) in [6, 6.07) is 11.5. The van der Waals surface area contributed by atoms with Gasteiger partial charge in [0.1, 0.15) is 5.65 Å². The number of rotatable bonds is 2. The summed E-state index contributed by atoms with van der Waals surface area (Å²) < 4.78 is 1.45. The highest BCUT2D eigenvalue weighted by Gasteiger charge is 2.12. The lowest BCUT2D eigenvalue weighted by molar-refractivity contribution is 0.0697. The van der Waals surface area contributed by atoms with Gasteiger partial charge in [0.15, 0.2) is 0 Å². The van der Waals surface area contributed by atoms with Crippen molar-refractivity contribution in [1.82, 2.24) is 9.38 Å². The largest absolute Gasteiger partial charge is 0.478 e. The Hall–Kier alpha value is -2.82. The number of nitrogens with zero attached hydrogens (tertiary/aromatic N) is 1. The number of benzene rings is 1. The predicted octanol–water partition coefficient (Wildman–Crippen LogP) is 1.99. The molecule has 0 aliphatic rings. The molecule has 0 aliphatic carbocycles. The van der Waals surface area contributed by atoms with Crippen LogP contribution in [0.3, 0.4) is 0 Å². The summed E-state index contributed by atoms with van der Waals surface area (Å²) in [5.74, 6) is -0.999. The first kappa shape index (κ1) is 11.3. The maximum absolute atomic E-state index is 11.7. The molecule has 0 radical (unpaired) electrons. The van der Waals surface area contributed by atoms with E-state index in [0.717, 1.165) is 0 Å². The van der Waals surface area contributed by atoms with Crippen LogP contribution < -0.4 is 5.56 Å². The molecule has 3 aromatic rings. The highest BCUT2D eigenvalue weighted by molar-refractivity contribution is 5.95. The molecule has 19 heavy (non-hydrogen) atoms. The fourth-order valence-corrected chi connectivity index (χ4v) is 2.08. The molecule has 0 fully saturated rings. The quantitative estimate of drug-likeness (QED) is 0.734. The highest BCUT2D eigenvalue weighted by Crippen LogP contribution is 2.22. The van der Waals surface area contributed by atoms with Gasteiger partial charge in [-0.3, -0.25) is 9.20 Å². The van der Waals surface area contributed by atoms with E-state index in [1.165, 1.54) is 16.5 Å². The number of nitrogens with one attached hydrogen (secondary N) is 1. The molecule has 0 bridgehead atoms. The van der Waals surface area contributed by atoms with E-state index in [-0.39, 0.29) is 11.1 Å². The van der Waals surface area contributed by atoms with Crippen molar-refractivity contribution in [1.29, 1.82) is 0 Å². The molecule has 0 spiro atoms. The van der Waals surface area contributed by atoms with Crippen LogP contribution in [0.15, 0.2) is 53.5 Å². The van der Waals surface area contributed by atoms with Crippen LogP contribution in [-0.2, 0) is 0 Å². The van der Waals surface area contributed by atoms with Crippen LogP contribution in [0.4, 0.5) is 0 Å². The van der Waals surface area contributed by atoms with E-state index in [1.807, 2.05) is 0 Å². The zero-order chi connectivity index (χ0) is 13.4. The third-order valence-corrected chi connectivity index (χ3v) is 2.96. The lowest BCUT2D eigenvalue weighted by Crippen LogP contribution is -2.08. The first-order chi connectivity index (χ1) is 9.16. The monoisotopic (exact) mass is 254 g/mol. The number of hydrogen-bond acceptors (Lipinski definition) is 2. The number of H-pyrrole nitrogens is 1. The first-order valence-electron chi connectivity index (χ1n) is 5.70. The molecule has 0 saturated carbocycles. The molecule has 94 valence electrons. The minimum Gasteiger partial charge on any atom is -0.478 e. The van der Waals surface area contributed by atoms with Crippen molar-refractivity contribution in [3.63, 3.8) is 0 Å². The van der Waals surface area contributed by atoms with E-state index in [4.69, 9.17) is 0 Å². The molecular formula is C14H10N2O3. The first-order valence-corrected chi connectivity index (χ1v) is 5.70. The van der Waals surface area contributed by atoms with Crippen LogP contribution in [0.2, 0.25) is 0 Å². The second-order valence-corrected chi connectivity index (χ2v) is 4.14. The highest BCUT2D eigenvalue weighted by atomic mass is 16.4. The van der Waals surface area contributed by atoms with Crippen molar-refractivity contribution in [2.45, 2.75) is 0 Å². The number of aromatic nitrogens is 2. The molecule has 0 atom stereocenters. The number of aromatic amines is 1. The number of carboxylic acid groups (broad SMARTS) is 1. The third-order valence-electron chi connectivity index (χ3n) is 2.96. The maximum Gasteiger partial charge on any atom is 0.336 e. The van der Waals surface area contributed by atoms with E-state index in [0.29, 0.717) is 16.9 Å². The van der Waals surface area contributed by atoms with Gasteiger partial charge in [0.2, 0.25) is 0 Å². The summed E-state index contributed by atoms with van der Waals surface area (Å²) >= 11 is 0. The van der Waals surface area contributed by atoms with Gasteiger partial charge in [-0.2, -0.15) is 0 Å². The average Bonchev–Trinajstić information content (AvgIpc) is 2.84. The van der Waals surface area contributed by atoms with Crippen molar-refractivity contribution in [3.05, 3.63) is 64.6 Å². The van der Waals surface area contributed by atoms with E-state index < -0.39 is 5.97 Å². The molecule has 2 heterocycles. The van der Waals surface area contributed by atoms with Crippen LogP contribution in [0.1, 0.15) is 10.4 Å². The molecule has 1 aromatic carbocycles. The van der Waals surface area contributed by atoms with Gasteiger partial charge in [-0.05, 0) is 12.1 Å². The van der Waals surface area contributed by atoms with Gasteiger partial charge >= 0.3 is 5.97 Å². The number of hydrogen-bond donors (Lipinski definition) is 2. The Kier molecular flexibility index (Phi) is 2.45. The van der Waals surface area contributed by atoms with Gasteiger partial charge in [-0.25, -0.2) is 4.79 Å². The summed E-state index contributed by atoms with van der Waals surface area (Å²) in [7, 11) is 0. The smallest absolute Gasteiger partial charge is 0.336 e. The molecule has 0 aliphatic heterocycles. The molecule has 0 amide bonds. The number of fused-ring (bicyclic) bond motifs is 1. The lowest BCUT2D eigenvalue weighted by atomic mass is 10.1. The molecule has 5 nitrogen and oxygen atoms in total. The second-order valence-electron chi connectivity index (χ2n) is 4.14. The van der Waals surface area contributed by atoms with E-state index in [1.54, 1.807) is 36.5 Å². The number of imidazole rings is 1. The predicted molar refractivity (Wildman–Crippen MR) is 70.4 cm³/mol. The zero-order valence-corrected chi connectivity index (χ0v) is 9.83. The van der Waals surface area contributed by atoms with Crippen LogP contribution >= 0.6 is 0 Å². The SMILES string of the molecule is O=C(O)c1ccccc1-c1cn2c(=O)cccc2[nH]1. The van der Waals surface area contributed by atoms with Gasteiger partial charge in [0, 0.05) is 17.8 Å². The van der Waals surface area contributed by atoms with Gasteiger partial charge in [0.05, 0.1) is 11.3 Å². The van der Waals surface area contributed by atoms with Crippen molar-refractivity contribution in [3.8, 4) is 11.3 Å². The van der Waals surface area contributed by atoms with E-state index in [9.17, 15) is 14.7 Å². The number of aromatic carboxylic acids is 1. The lowest BCUT2D eigenvalue weighted by Gasteiger charge is -2.02. The number of carboxylic acids is 1. The third kappa shape index (κ3) is 1.81. The molecule has 2 aromatic heterocycles. The Morgan fingerprint density at radius 3 is 2.63 bits per heavy atom. The molecule has 0 unspecified atom stereocenters. The van der Waals surface area contributed by atoms with Crippen molar-refractivity contribution < 1.29 is 9.90 Å². The molecule has 5 heteroatoms. The minimum atomic E-state index is -0.999. The Balaban J connectivity index is 2.28. The summed E-state index contributed by atoms with van der Waals surface area (Å²) in [5, 5.41) is 9.17. The fourth-order valence-electron chi connectivity index (χ4n) is 2.08. The second kappa shape index (κ2) is 4.13. The van der Waals surface area contributed by atoms with E-state index >= 15 is 0 Å². The van der Waals surface area contributed by atoms with Crippen molar-refractivity contribution >= 4 is 11.6 Å². The Bertz CT molecular complexity index is 830. The Morgan fingerprint density at radius 2 is 1.89 bits per heavy atom. The Labute approximate surface area is 107 Å². The van der Waals surface area contributed by atoms with Gasteiger partial charge in [-0.1, -0.05) is 24.3 Å². The molecular weight excluding hydrogens is 244 g/mol. The minimum absolute atomic E-state index is 0.159. The standard InChI is InChI=1S/C14H10N2O3/c17-13-7-3-6-12-15-11(8-16(12)13)9-4-1-2-5-10(9)14(18)19/h1-8,15H,(H,18,19). The van der Waals surface area contributed by atoms with E-state index in [2.05, 4.69) is 4.98 Å². The maximum atomic E-state index is 11.7. The number of pyridine rings is 1. The van der Waals surface area contributed by atoms with Crippen molar-refractivity contribution in [2.75, 3.05) is 0 Å². The topological polar surface area (TPSA) is 74.6 Å². The summed E-state index contributed by atoms with van der Waals surface area (Å²) in [4.78, 5) is 25.9. The Morgan fingerprint density at radius 1 is 1.11 bits per heavy atom. The van der Waals surface area contributed by atoms with Crippen LogP contribution in [0, 0.1) is 0 Å². The summed E-state index contributed by atoms with van der Waals surface area (Å²) in [6.45, 7) is 0. The van der Waals surface area contributed by atoms with Gasteiger partial charge in [0.25, 0.3) is 5.56 Å². The van der Waals surface area contributed by atoms with Crippen molar-refractivity contribution in [2.24, 2.45) is 0 Å². The number of carbonyl (C=O) groups is 1.